The maximum atomic E-state index is 9.48. The molecule has 0 spiro atoms. The Balaban J connectivity index is 1.90. The average molecular weight is 300 g/mol. The second kappa shape index (κ2) is 7.21. The molecule has 0 aromatic heterocycles. The van der Waals surface area contributed by atoms with E-state index in [4.69, 9.17) is 4.74 Å². The Kier molecular flexibility index (Phi) is 4.63. The van der Waals surface area contributed by atoms with E-state index in [1.165, 1.54) is 0 Å². The van der Waals surface area contributed by atoms with Crippen molar-refractivity contribution < 1.29 is 9.53 Å². The number of benzene rings is 3. The molecule has 0 heterocycles. The molecule has 0 aliphatic carbocycles. The first-order valence-electron chi connectivity index (χ1n) is 7.42. The van der Waals surface area contributed by atoms with Crippen molar-refractivity contribution in [2.45, 2.75) is 6.61 Å². The van der Waals surface area contributed by atoms with E-state index in [0.29, 0.717) is 18.1 Å². The van der Waals surface area contributed by atoms with Crippen LogP contribution in [0.4, 0.5) is 0 Å². The Hall–Kier alpha value is -3.16. The number of hydrogen-bond donors (Lipinski definition) is 0. The first kappa shape index (κ1) is 14.8. The van der Waals surface area contributed by atoms with E-state index in [2.05, 4.69) is 4.79 Å². The van der Waals surface area contributed by atoms with Crippen LogP contribution >= 0.6 is 0 Å². The standard InChI is InChI=1S/C20H16N2O/c21-22-20(17-11-5-2-6-12-17)18-13-7-8-14-19(18)23-15-16-9-3-1-4-10-16/h1-14H,15H2. The summed E-state index contributed by atoms with van der Waals surface area (Å²) in [4.78, 5) is 3.48. The van der Waals surface area contributed by atoms with Gasteiger partial charge in [0.2, 0.25) is 0 Å². The van der Waals surface area contributed by atoms with E-state index in [-0.39, 0.29) is 0 Å². The molecule has 3 heteroatoms. The molecule has 0 saturated heterocycles. The van der Waals surface area contributed by atoms with E-state index in [9.17, 15) is 5.53 Å². The number of hydrogen-bond acceptors (Lipinski definition) is 1. The van der Waals surface area contributed by atoms with Gasteiger partial charge in [0.15, 0.2) is 0 Å². The predicted molar refractivity (Wildman–Crippen MR) is 90.5 cm³/mol. The van der Waals surface area contributed by atoms with Gasteiger partial charge in [-0.2, -0.15) is 4.79 Å². The van der Waals surface area contributed by atoms with Crippen molar-refractivity contribution in [1.29, 1.82) is 0 Å². The molecule has 3 aromatic rings. The van der Waals surface area contributed by atoms with Gasteiger partial charge in [-0.3, -0.25) is 0 Å². The van der Waals surface area contributed by atoms with Crippen LogP contribution in [0.5, 0.6) is 5.75 Å². The molecular formula is C20H16N2O. The van der Waals surface area contributed by atoms with Gasteiger partial charge in [0.05, 0.1) is 5.56 Å². The van der Waals surface area contributed by atoms with E-state index in [0.717, 1.165) is 16.7 Å². The number of para-hydroxylation sites is 1. The van der Waals surface area contributed by atoms with Crippen LogP contribution in [0, 0.1) is 0 Å². The number of nitrogens with zero attached hydrogens (tertiary/aromatic N) is 2. The van der Waals surface area contributed by atoms with Gasteiger partial charge in [-0.15, -0.1) is 0 Å². The van der Waals surface area contributed by atoms with Gasteiger partial charge < -0.3 is 10.3 Å². The smallest absolute Gasteiger partial charge is 0.333 e. The highest BCUT2D eigenvalue weighted by Gasteiger charge is 2.19. The minimum atomic E-state index is 0.464. The van der Waals surface area contributed by atoms with Crippen molar-refractivity contribution in [3.8, 4) is 5.75 Å². The molecule has 0 atom stereocenters. The van der Waals surface area contributed by atoms with Crippen LogP contribution in [-0.2, 0) is 6.61 Å². The summed E-state index contributed by atoms with van der Waals surface area (Å²) in [5.74, 6) is 0.688. The van der Waals surface area contributed by atoms with E-state index in [1.807, 2.05) is 84.9 Å². The van der Waals surface area contributed by atoms with E-state index >= 15 is 0 Å². The second-order valence-corrected chi connectivity index (χ2v) is 5.09. The summed E-state index contributed by atoms with van der Waals surface area (Å²) in [5, 5.41) is 0. The van der Waals surface area contributed by atoms with Gasteiger partial charge >= 0.3 is 5.71 Å². The average Bonchev–Trinajstić information content (AvgIpc) is 2.63. The summed E-state index contributed by atoms with van der Waals surface area (Å²) >= 11 is 0. The number of ether oxygens (including phenoxy) is 1. The lowest BCUT2D eigenvalue weighted by atomic mass is 10.0. The van der Waals surface area contributed by atoms with Crippen molar-refractivity contribution in [3.05, 3.63) is 107 Å². The third-order valence-electron chi connectivity index (χ3n) is 3.53. The fourth-order valence-electron chi connectivity index (χ4n) is 2.39. The van der Waals surface area contributed by atoms with Gasteiger partial charge in [0, 0.05) is 0 Å². The monoisotopic (exact) mass is 300 g/mol. The Morgan fingerprint density at radius 2 is 1.39 bits per heavy atom. The van der Waals surface area contributed by atoms with Gasteiger partial charge in [0.1, 0.15) is 17.9 Å². The van der Waals surface area contributed by atoms with Gasteiger partial charge in [-0.1, -0.05) is 60.7 Å². The summed E-state index contributed by atoms with van der Waals surface area (Å²) < 4.78 is 5.94. The lowest BCUT2D eigenvalue weighted by molar-refractivity contribution is -0.00299. The first-order chi connectivity index (χ1) is 11.4. The van der Waals surface area contributed by atoms with Crippen LogP contribution < -0.4 is 4.74 Å². The van der Waals surface area contributed by atoms with Crippen LogP contribution in [0.25, 0.3) is 5.53 Å². The molecule has 0 N–H and O–H groups in total. The fraction of sp³-hybridized carbons (Fsp3) is 0.0500. The van der Waals surface area contributed by atoms with Crippen molar-refractivity contribution in [1.82, 2.24) is 0 Å². The predicted octanol–water partition coefficient (Wildman–Crippen LogP) is 4.33. The third-order valence-corrected chi connectivity index (χ3v) is 3.53. The summed E-state index contributed by atoms with van der Waals surface area (Å²) in [6.45, 7) is 0.464. The van der Waals surface area contributed by atoms with Crippen molar-refractivity contribution in [3.63, 3.8) is 0 Å². The Labute approximate surface area is 135 Å². The molecule has 0 saturated carbocycles. The maximum Gasteiger partial charge on any atom is 0.333 e. The van der Waals surface area contributed by atoms with E-state index in [1.54, 1.807) is 0 Å². The summed E-state index contributed by atoms with van der Waals surface area (Å²) in [6, 6.07) is 27.1. The van der Waals surface area contributed by atoms with Crippen molar-refractivity contribution in [2.75, 3.05) is 0 Å². The lowest BCUT2D eigenvalue weighted by Gasteiger charge is -2.09. The molecular weight excluding hydrogens is 284 g/mol. The SMILES string of the molecule is [N-]=[N+]=C(c1ccccc1)c1ccccc1OCc1ccccc1. The van der Waals surface area contributed by atoms with Crippen LogP contribution in [0.3, 0.4) is 0 Å². The fourth-order valence-corrected chi connectivity index (χ4v) is 2.39. The molecule has 0 unspecified atom stereocenters. The largest absolute Gasteiger partial charge is 0.488 e. The lowest BCUT2D eigenvalue weighted by Crippen LogP contribution is -2.07. The zero-order chi connectivity index (χ0) is 15.9. The molecule has 3 nitrogen and oxygen atoms in total. The molecule has 0 bridgehead atoms. The van der Waals surface area contributed by atoms with Crippen LogP contribution in [-0.4, -0.2) is 10.5 Å². The summed E-state index contributed by atoms with van der Waals surface area (Å²) in [7, 11) is 0. The Morgan fingerprint density at radius 3 is 2.09 bits per heavy atom. The molecule has 3 aromatic carbocycles. The van der Waals surface area contributed by atoms with Crippen LogP contribution in [0.2, 0.25) is 0 Å². The first-order valence-corrected chi connectivity index (χ1v) is 7.42. The molecule has 23 heavy (non-hydrogen) atoms. The molecule has 0 radical (unpaired) electrons. The molecule has 0 aliphatic heterocycles. The molecule has 0 aliphatic rings. The van der Waals surface area contributed by atoms with Gasteiger partial charge in [-0.05, 0) is 29.8 Å². The number of rotatable bonds is 5. The summed E-state index contributed by atoms with van der Waals surface area (Å²) in [6.07, 6.45) is 0. The van der Waals surface area contributed by atoms with Crippen LogP contribution in [0.1, 0.15) is 16.7 Å². The van der Waals surface area contributed by atoms with Crippen molar-refractivity contribution in [2.24, 2.45) is 0 Å². The minimum Gasteiger partial charge on any atom is -0.488 e. The Bertz CT molecular complexity index is 823. The molecule has 112 valence electrons. The van der Waals surface area contributed by atoms with E-state index < -0.39 is 0 Å². The molecule has 0 amide bonds. The maximum absolute atomic E-state index is 9.48. The topological polar surface area (TPSA) is 45.6 Å². The highest BCUT2D eigenvalue weighted by Crippen LogP contribution is 2.22. The molecule has 0 fully saturated rings. The third kappa shape index (κ3) is 3.54. The van der Waals surface area contributed by atoms with Gasteiger partial charge in [-0.25, -0.2) is 0 Å². The zero-order valence-corrected chi connectivity index (χ0v) is 12.6. The van der Waals surface area contributed by atoms with Gasteiger partial charge in [0.25, 0.3) is 0 Å². The highest BCUT2D eigenvalue weighted by atomic mass is 16.5. The zero-order valence-electron chi connectivity index (χ0n) is 12.6. The van der Waals surface area contributed by atoms with Crippen LogP contribution in [0.15, 0.2) is 84.9 Å². The minimum absolute atomic E-state index is 0.464. The normalized spacial score (nSPS) is 9.91. The van der Waals surface area contributed by atoms with Crippen molar-refractivity contribution >= 4 is 5.71 Å². The summed E-state index contributed by atoms with van der Waals surface area (Å²) in [5.41, 5.74) is 12.7. The Morgan fingerprint density at radius 1 is 0.783 bits per heavy atom. The molecule has 3 rings (SSSR count). The highest BCUT2D eigenvalue weighted by molar-refractivity contribution is 6.10. The second-order valence-electron chi connectivity index (χ2n) is 5.09. The quantitative estimate of drug-likeness (QED) is 0.393.